The summed E-state index contributed by atoms with van der Waals surface area (Å²) in [6.07, 6.45) is -4.50. The molecule has 0 radical (unpaired) electrons. The van der Waals surface area contributed by atoms with E-state index >= 15 is 0 Å². The molecule has 9 heteroatoms. The van der Waals surface area contributed by atoms with Gasteiger partial charge in [-0.2, -0.15) is 13.2 Å². The second-order valence-electron chi connectivity index (χ2n) is 5.28. The predicted molar refractivity (Wildman–Crippen MR) is 87.0 cm³/mol. The molecule has 3 aromatic rings. The second kappa shape index (κ2) is 6.83. The third kappa shape index (κ3) is 3.81. The molecular weight excluding hydrogens is 351 g/mol. The Labute approximate surface area is 146 Å². The Morgan fingerprint density at radius 1 is 1.04 bits per heavy atom. The van der Waals surface area contributed by atoms with Gasteiger partial charge in [0.2, 0.25) is 0 Å². The van der Waals surface area contributed by atoms with Crippen molar-refractivity contribution in [3.8, 4) is 11.4 Å². The summed E-state index contributed by atoms with van der Waals surface area (Å²) in [5.74, 6) is 0.702. The van der Waals surface area contributed by atoms with Crippen molar-refractivity contribution in [2.75, 3.05) is 0 Å². The average Bonchev–Trinajstić information content (AvgIpc) is 2.97. The van der Waals surface area contributed by atoms with E-state index in [1.54, 1.807) is 0 Å². The van der Waals surface area contributed by atoms with Crippen LogP contribution in [0.25, 0.3) is 11.4 Å². The van der Waals surface area contributed by atoms with Crippen LogP contribution >= 0.6 is 11.8 Å². The Bertz CT molecular complexity index is 874. The van der Waals surface area contributed by atoms with E-state index in [0.717, 1.165) is 29.0 Å². The van der Waals surface area contributed by atoms with Gasteiger partial charge in [-0.1, -0.05) is 23.8 Å². The fourth-order valence-corrected chi connectivity index (χ4v) is 3.08. The third-order valence-corrected chi connectivity index (χ3v) is 4.35. The number of alkyl halides is 3. The van der Waals surface area contributed by atoms with Crippen LogP contribution in [0.4, 0.5) is 13.2 Å². The Morgan fingerprint density at radius 2 is 1.84 bits per heavy atom. The molecule has 1 aromatic carbocycles. The van der Waals surface area contributed by atoms with E-state index in [2.05, 4.69) is 20.4 Å². The van der Waals surface area contributed by atoms with Gasteiger partial charge in [0.1, 0.15) is 5.03 Å². The summed E-state index contributed by atoms with van der Waals surface area (Å²) in [5, 5.41) is 16.1. The normalized spacial score (nSPS) is 11.7. The highest BCUT2D eigenvalue weighted by Crippen LogP contribution is 2.31. The molecule has 0 unspecified atom stereocenters. The van der Waals surface area contributed by atoms with Crippen LogP contribution < -0.4 is 0 Å². The zero-order valence-corrected chi connectivity index (χ0v) is 14.3. The molecule has 0 fully saturated rings. The van der Waals surface area contributed by atoms with Crippen molar-refractivity contribution in [2.24, 2.45) is 0 Å². The molecule has 0 saturated carbocycles. The molecule has 0 spiro atoms. The van der Waals surface area contributed by atoms with Crippen LogP contribution in [0.1, 0.15) is 18.2 Å². The molecule has 0 saturated heterocycles. The fourth-order valence-electron chi connectivity index (χ4n) is 2.27. The molecule has 0 bridgehead atoms. The molecule has 0 aliphatic rings. The van der Waals surface area contributed by atoms with E-state index in [0.29, 0.717) is 22.6 Å². The zero-order valence-electron chi connectivity index (χ0n) is 13.4. The molecule has 130 valence electrons. The molecule has 3 rings (SSSR count). The maximum Gasteiger partial charge on any atom is 0.435 e. The number of nitrogens with zero attached hydrogens (tertiary/aromatic N) is 5. The van der Waals surface area contributed by atoms with Gasteiger partial charge in [-0.15, -0.1) is 20.4 Å². The van der Waals surface area contributed by atoms with E-state index < -0.39 is 11.9 Å². The largest absolute Gasteiger partial charge is 0.435 e. The number of benzene rings is 1. The molecule has 5 nitrogen and oxygen atoms in total. The smallest absolute Gasteiger partial charge is 0.302 e. The summed E-state index contributed by atoms with van der Waals surface area (Å²) in [4.78, 5) is 0. The van der Waals surface area contributed by atoms with Gasteiger partial charge in [-0.3, -0.25) is 0 Å². The van der Waals surface area contributed by atoms with Gasteiger partial charge in [0.25, 0.3) is 0 Å². The molecule has 0 amide bonds. The highest BCUT2D eigenvalue weighted by Gasteiger charge is 2.33. The lowest BCUT2D eigenvalue weighted by Crippen LogP contribution is -2.09. The summed E-state index contributed by atoms with van der Waals surface area (Å²) in [6, 6.07) is 10.1. The fraction of sp³-hybridized carbons (Fsp3) is 0.250. The Hall–Kier alpha value is -2.42. The lowest BCUT2D eigenvalue weighted by molar-refractivity contribution is -0.141. The van der Waals surface area contributed by atoms with E-state index in [9.17, 15) is 13.2 Å². The first kappa shape index (κ1) is 17.4. The summed E-state index contributed by atoms with van der Waals surface area (Å²) in [6.45, 7) is 4.56. The van der Waals surface area contributed by atoms with Crippen molar-refractivity contribution in [1.82, 2.24) is 25.0 Å². The zero-order chi connectivity index (χ0) is 18.0. The highest BCUT2D eigenvalue weighted by atomic mass is 32.2. The first-order valence-electron chi connectivity index (χ1n) is 7.47. The minimum atomic E-state index is -4.50. The highest BCUT2D eigenvalue weighted by molar-refractivity contribution is 7.99. The first-order chi connectivity index (χ1) is 11.9. The molecular formula is C16H14F3N5S. The van der Waals surface area contributed by atoms with Crippen molar-refractivity contribution in [3.05, 3.63) is 47.7 Å². The van der Waals surface area contributed by atoms with Crippen LogP contribution in [-0.4, -0.2) is 25.0 Å². The molecule has 0 atom stereocenters. The van der Waals surface area contributed by atoms with Crippen molar-refractivity contribution >= 4 is 11.8 Å². The number of halogens is 3. The lowest BCUT2D eigenvalue weighted by atomic mass is 10.1. The molecule has 25 heavy (non-hydrogen) atoms. The number of hydrogen-bond donors (Lipinski definition) is 0. The van der Waals surface area contributed by atoms with Crippen molar-refractivity contribution < 1.29 is 13.2 Å². The molecule has 2 aromatic heterocycles. The van der Waals surface area contributed by atoms with E-state index in [1.165, 1.54) is 6.07 Å². The van der Waals surface area contributed by atoms with E-state index in [-0.39, 0.29) is 0 Å². The van der Waals surface area contributed by atoms with E-state index in [1.807, 2.05) is 42.7 Å². The minimum Gasteiger partial charge on any atom is -0.302 e. The van der Waals surface area contributed by atoms with Crippen LogP contribution in [0, 0.1) is 6.92 Å². The number of hydrogen-bond acceptors (Lipinski definition) is 5. The Kier molecular flexibility index (Phi) is 4.76. The van der Waals surface area contributed by atoms with Crippen molar-refractivity contribution in [1.29, 1.82) is 0 Å². The van der Waals surface area contributed by atoms with Crippen molar-refractivity contribution in [2.45, 2.75) is 36.8 Å². The van der Waals surface area contributed by atoms with Gasteiger partial charge < -0.3 is 4.57 Å². The maximum absolute atomic E-state index is 12.6. The topological polar surface area (TPSA) is 56.5 Å². The molecule has 0 N–H and O–H groups in total. The van der Waals surface area contributed by atoms with Gasteiger partial charge in [0.05, 0.1) is 0 Å². The summed E-state index contributed by atoms with van der Waals surface area (Å²) < 4.78 is 39.5. The third-order valence-electron chi connectivity index (χ3n) is 3.44. The summed E-state index contributed by atoms with van der Waals surface area (Å²) in [7, 11) is 0. The number of aryl methyl sites for hydroxylation is 1. The SMILES string of the molecule is CCn1c(Sc2ccc(C(F)(F)F)nn2)nnc1-c1cccc(C)c1. The molecule has 2 heterocycles. The molecule has 0 aliphatic carbocycles. The van der Waals surface area contributed by atoms with E-state index in [4.69, 9.17) is 0 Å². The second-order valence-corrected chi connectivity index (χ2v) is 6.26. The van der Waals surface area contributed by atoms with Gasteiger partial charge in [-0.05, 0) is 43.8 Å². The number of rotatable bonds is 4. The average molecular weight is 365 g/mol. The maximum atomic E-state index is 12.6. The predicted octanol–water partition coefficient (Wildman–Crippen LogP) is 4.23. The Balaban J connectivity index is 1.89. The van der Waals surface area contributed by atoms with Crippen LogP contribution in [-0.2, 0) is 12.7 Å². The standard InChI is InChI=1S/C16H14F3N5S/c1-3-24-14(11-6-4-5-10(2)9-11)22-23-15(24)25-13-8-7-12(20-21-13)16(17,18)19/h4-9H,3H2,1-2H3. The van der Waals surface area contributed by atoms with Gasteiger partial charge >= 0.3 is 6.18 Å². The Morgan fingerprint density at radius 3 is 2.44 bits per heavy atom. The van der Waals surface area contributed by atoms with Crippen molar-refractivity contribution in [3.63, 3.8) is 0 Å². The van der Waals surface area contributed by atoms with Crippen LogP contribution in [0.2, 0.25) is 0 Å². The van der Waals surface area contributed by atoms with Gasteiger partial charge in [-0.25, -0.2) is 0 Å². The van der Waals surface area contributed by atoms with Crippen LogP contribution in [0.15, 0.2) is 46.6 Å². The monoisotopic (exact) mass is 365 g/mol. The summed E-state index contributed by atoms with van der Waals surface area (Å²) in [5.41, 5.74) is 1.01. The first-order valence-corrected chi connectivity index (χ1v) is 8.29. The lowest BCUT2D eigenvalue weighted by Gasteiger charge is -2.08. The van der Waals surface area contributed by atoms with Crippen LogP contribution in [0.3, 0.4) is 0 Å². The molecule has 0 aliphatic heterocycles. The van der Waals surface area contributed by atoms with Gasteiger partial charge in [0.15, 0.2) is 16.7 Å². The van der Waals surface area contributed by atoms with Crippen LogP contribution in [0.5, 0.6) is 0 Å². The minimum absolute atomic E-state index is 0.325. The van der Waals surface area contributed by atoms with Gasteiger partial charge in [0, 0.05) is 12.1 Å². The summed E-state index contributed by atoms with van der Waals surface area (Å²) >= 11 is 1.13. The quantitative estimate of drug-likeness (QED) is 0.692. The number of aromatic nitrogens is 5.